The highest BCUT2D eigenvalue weighted by Gasteiger charge is 2.08. The molecule has 3 rings (SSSR count). The molecule has 1 heterocycles. The van der Waals surface area contributed by atoms with Crippen LogP contribution in [0.2, 0.25) is 0 Å². The van der Waals surface area contributed by atoms with E-state index < -0.39 is 10.0 Å². The molecule has 2 N–H and O–H groups in total. The average Bonchev–Trinajstić information content (AvgIpc) is 2.73. The van der Waals surface area contributed by atoms with Gasteiger partial charge in [-0.1, -0.05) is 54.6 Å². The number of aromatic nitrogens is 1. The highest BCUT2D eigenvalue weighted by Crippen LogP contribution is 2.15. The summed E-state index contributed by atoms with van der Waals surface area (Å²) in [5, 5.41) is 4.99. The van der Waals surface area contributed by atoms with E-state index in [1.54, 1.807) is 6.20 Å². The number of nitrogens with zero attached hydrogens (tertiary/aromatic N) is 1. The van der Waals surface area contributed by atoms with Gasteiger partial charge < -0.3 is 5.32 Å². The van der Waals surface area contributed by atoms with Crippen molar-refractivity contribution >= 4 is 32.9 Å². The number of carbonyl (C=O) groups excluding carboxylic acids is 1. The Bertz CT molecular complexity index is 1090. The summed E-state index contributed by atoms with van der Waals surface area (Å²) in [6.07, 6.45) is 4.00. The number of benzene rings is 2. The van der Waals surface area contributed by atoms with E-state index in [1.165, 1.54) is 6.08 Å². The third-order valence-electron chi connectivity index (χ3n) is 4.33. The first-order valence-electron chi connectivity index (χ1n) is 9.36. The van der Waals surface area contributed by atoms with Crippen molar-refractivity contribution < 1.29 is 13.2 Å². The predicted molar refractivity (Wildman–Crippen MR) is 115 cm³/mol. The van der Waals surface area contributed by atoms with Crippen molar-refractivity contribution in [2.75, 3.05) is 13.1 Å². The Labute approximate surface area is 170 Å². The smallest absolute Gasteiger partial charge is 0.233 e. The molecule has 0 bridgehead atoms. The van der Waals surface area contributed by atoms with E-state index in [1.807, 2.05) is 60.7 Å². The zero-order valence-corrected chi connectivity index (χ0v) is 16.7. The molecule has 6 nitrogen and oxygen atoms in total. The van der Waals surface area contributed by atoms with Gasteiger partial charge in [-0.3, -0.25) is 9.78 Å². The van der Waals surface area contributed by atoms with E-state index >= 15 is 0 Å². The summed E-state index contributed by atoms with van der Waals surface area (Å²) in [6.45, 7) is 0.512. The summed E-state index contributed by atoms with van der Waals surface area (Å²) in [4.78, 5) is 16.4. The molecule has 0 radical (unpaired) electrons. The van der Waals surface area contributed by atoms with Gasteiger partial charge in [0.25, 0.3) is 0 Å². The first kappa shape index (κ1) is 20.7. The number of nitrogens with one attached hydrogen (secondary N) is 2. The summed E-state index contributed by atoms with van der Waals surface area (Å²) in [7, 11) is -3.58. The molecule has 0 unspecified atom stereocenters. The maximum atomic E-state index is 12.0. The number of sulfonamides is 1. The van der Waals surface area contributed by atoms with Crippen LogP contribution in [-0.2, 0) is 21.2 Å². The molecule has 0 atom stereocenters. The lowest BCUT2D eigenvalue weighted by atomic mass is 10.1. The molecule has 1 aromatic heterocycles. The van der Waals surface area contributed by atoms with Crippen LogP contribution in [0.25, 0.3) is 17.0 Å². The van der Waals surface area contributed by atoms with Crippen LogP contribution in [-0.4, -0.2) is 32.4 Å². The van der Waals surface area contributed by atoms with Crippen LogP contribution in [0.3, 0.4) is 0 Å². The number of rotatable bonds is 9. The van der Waals surface area contributed by atoms with Crippen molar-refractivity contribution in [3.05, 3.63) is 83.4 Å². The molecule has 0 spiro atoms. The molecule has 0 fully saturated rings. The third kappa shape index (κ3) is 6.51. The van der Waals surface area contributed by atoms with Crippen LogP contribution in [0.5, 0.6) is 0 Å². The lowest BCUT2D eigenvalue weighted by Crippen LogP contribution is -2.31. The van der Waals surface area contributed by atoms with E-state index in [2.05, 4.69) is 15.0 Å². The number of hydrogen-bond donors (Lipinski definition) is 2. The zero-order valence-electron chi connectivity index (χ0n) is 15.9. The second-order valence-corrected chi connectivity index (χ2v) is 8.15. The summed E-state index contributed by atoms with van der Waals surface area (Å²) in [5.74, 6) is -0.201. The third-order valence-corrected chi connectivity index (χ3v) is 5.43. The maximum Gasteiger partial charge on any atom is 0.233 e. The normalized spacial score (nSPS) is 11.7. The van der Waals surface area contributed by atoms with E-state index in [-0.39, 0.29) is 18.9 Å². The molecule has 2 aromatic carbocycles. The lowest BCUT2D eigenvalue weighted by molar-refractivity contribution is -0.120. The molecule has 0 aliphatic carbocycles. The molecular weight excluding hydrogens is 386 g/mol. The zero-order chi connectivity index (χ0) is 20.5. The van der Waals surface area contributed by atoms with Gasteiger partial charge in [-0.2, -0.15) is 0 Å². The molecule has 7 heteroatoms. The second-order valence-electron chi connectivity index (χ2n) is 6.49. The summed E-state index contributed by atoms with van der Waals surface area (Å²) < 4.78 is 26.4. The van der Waals surface area contributed by atoms with Crippen LogP contribution < -0.4 is 10.0 Å². The van der Waals surface area contributed by atoms with Crippen LogP contribution >= 0.6 is 0 Å². The molecule has 0 aliphatic heterocycles. The Morgan fingerprint density at radius 2 is 1.76 bits per heavy atom. The predicted octanol–water partition coefficient (Wildman–Crippen LogP) is 2.87. The van der Waals surface area contributed by atoms with Gasteiger partial charge in [-0.15, -0.1) is 0 Å². The van der Waals surface area contributed by atoms with Gasteiger partial charge in [0, 0.05) is 36.5 Å². The fourth-order valence-electron chi connectivity index (χ4n) is 2.88. The number of fused-ring (bicyclic) bond motifs is 1. The summed E-state index contributed by atoms with van der Waals surface area (Å²) >= 11 is 0. The Balaban J connectivity index is 1.41. The highest BCUT2D eigenvalue weighted by molar-refractivity contribution is 7.92. The Morgan fingerprint density at radius 3 is 2.59 bits per heavy atom. The quantitative estimate of drug-likeness (QED) is 0.569. The summed E-state index contributed by atoms with van der Waals surface area (Å²) in [5.41, 5.74) is 2.79. The Hall–Kier alpha value is -3.03. The Kier molecular flexibility index (Phi) is 7.10. The largest absolute Gasteiger partial charge is 0.356 e. The SMILES string of the molecule is O=C(CCNS(=O)(=O)/C=C/c1ccccc1)NCCc1cccc2cccnc12. The minimum Gasteiger partial charge on any atom is -0.356 e. The van der Waals surface area contributed by atoms with Crippen LogP contribution in [0, 0.1) is 0 Å². The molecule has 150 valence electrons. The van der Waals surface area contributed by atoms with E-state index in [4.69, 9.17) is 0 Å². The molecule has 29 heavy (non-hydrogen) atoms. The van der Waals surface area contributed by atoms with Gasteiger partial charge in [0.05, 0.1) is 5.52 Å². The number of hydrogen-bond acceptors (Lipinski definition) is 4. The molecular formula is C22H23N3O3S. The van der Waals surface area contributed by atoms with Gasteiger partial charge in [-0.25, -0.2) is 13.1 Å². The van der Waals surface area contributed by atoms with Crippen molar-refractivity contribution in [2.24, 2.45) is 0 Å². The molecule has 0 aliphatic rings. The van der Waals surface area contributed by atoms with Crippen LogP contribution in [0.15, 0.2) is 72.3 Å². The first-order valence-corrected chi connectivity index (χ1v) is 10.9. The number of carbonyl (C=O) groups is 1. The van der Waals surface area contributed by atoms with Crippen molar-refractivity contribution in [3.8, 4) is 0 Å². The van der Waals surface area contributed by atoms with Gasteiger partial charge in [-0.05, 0) is 29.7 Å². The maximum absolute atomic E-state index is 12.0. The monoisotopic (exact) mass is 409 g/mol. The standard InChI is InChI=1S/C22H23N3O3S/c26-21(12-16-25-29(27,28)17-13-18-6-2-1-3-7-18)23-15-11-20-9-4-8-19-10-5-14-24-22(19)20/h1-10,13-14,17,25H,11-12,15-16H2,(H,23,26)/b17-13+. The summed E-state index contributed by atoms with van der Waals surface area (Å²) in [6, 6.07) is 19.0. The van der Waals surface area contributed by atoms with Crippen molar-refractivity contribution in [3.63, 3.8) is 0 Å². The average molecular weight is 410 g/mol. The van der Waals surface area contributed by atoms with Crippen molar-refractivity contribution in [1.29, 1.82) is 0 Å². The number of pyridine rings is 1. The second kappa shape index (κ2) is 9.95. The number of para-hydroxylation sites is 1. The van der Waals surface area contributed by atoms with E-state index in [0.717, 1.165) is 27.4 Å². The molecule has 0 saturated heterocycles. The molecule has 0 saturated carbocycles. The lowest BCUT2D eigenvalue weighted by Gasteiger charge is -2.08. The fraction of sp³-hybridized carbons (Fsp3) is 0.182. The molecule has 1 amide bonds. The van der Waals surface area contributed by atoms with E-state index in [9.17, 15) is 13.2 Å². The van der Waals surface area contributed by atoms with E-state index in [0.29, 0.717) is 13.0 Å². The van der Waals surface area contributed by atoms with Crippen LogP contribution in [0.4, 0.5) is 0 Å². The highest BCUT2D eigenvalue weighted by atomic mass is 32.2. The van der Waals surface area contributed by atoms with Gasteiger partial charge in [0.1, 0.15) is 0 Å². The van der Waals surface area contributed by atoms with Gasteiger partial charge in [0.15, 0.2) is 0 Å². The van der Waals surface area contributed by atoms with Gasteiger partial charge in [0.2, 0.25) is 15.9 Å². The van der Waals surface area contributed by atoms with Crippen molar-refractivity contribution in [1.82, 2.24) is 15.0 Å². The van der Waals surface area contributed by atoms with Gasteiger partial charge >= 0.3 is 0 Å². The number of amides is 1. The topological polar surface area (TPSA) is 88.2 Å². The fourth-order valence-corrected chi connectivity index (χ4v) is 3.70. The minimum atomic E-state index is -3.58. The molecule has 3 aromatic rings. The van der Waals surface area contributed by atoms with Crippen LogP contribution in [0.1, 0.15) is 17.5 Å². The first-order chi connectivity index (χ1) is 14.0. The minimum absolute atomic E-state index is 0.0448. The van der Waals surface area contributed by atoms with Crippen molar-refractivity contribution in [2.45, 2.75) is 12.8 Å². The Morgan fingerprint density at radius 1 is 0.966 bits per heavy atom.